The Hall–Kier alpha value is -1.92. The van der Waals surface area contributed by atoms with E-state index in [0.717, 1.165) is 0 Å². The number of hydrogen-bond donors (Lipinski definition) is 1. The number of carbonyl (C=O) groups is 1. The maximum Gasteiger partial charge on any atom is 0.268 e. The molecule has 0 aliphatic rings. The maximum absolute atomic E-state index is 12.2. The van der Waals surface area contributed by atoms with Crippen LogP contribution in [0.4, 0.5) is 0 Å². The highest BCUT2D eigenvalue weighted by Gasteiger charge is 2.21. The molecule has 7 heteroatoms. The molecule has 0 aliphatic heterocycles. The molecule has 1 amide bonds. The summed E-state index contributed by atoms with van der Waals surface area (Å²) in [5.41, 5.74) is 0.552. The van der Waals surface area contributed by atoms with Gasteiger partial charge >= 0.3 is 0 Å². The molecule has 1 N–H and O–H groups in total. The van der Waals surface area contributed by atoms with Crippen LogP contribution in [0.3, 0.4) is 0 Å². The lowest BCUT2D eigenvalue weighted by Gasteiger charge is -2.09. The van der Waals surface area contributed by atoms with Crippen LogP contribution in [0, 0.1) is 6.92 Å². The lowest BCUT2D eigenvalue weighted by atomic mass is 10.2. The topological polar surface area (TPSA) is 76.1 Å². The van der Waals surface area contributed by atoms with Crippen molar-refractivity contribution in [3.63, 3.8) is 0 Å². The Kier molecular flexibility index (Phi) is 4.06. The summed E-state index contributed by atoms with van der Waals surface area (Å²) in [6, 6.07) is 9.28. The number of benzene rings is 1. The Morgan fingerprint density at radius 1 is 1.20 bits per heavy atom. The monoisotopic (exact) mass is 310 g/mol. The molecular formula is C13H11ClN2O3S. The highest BCUT2D eigenvalue weighted by Crippen LogP contribution is 2.16. The number of nitrogens with zero attached hydrogens (tertiary/aromatic N) is 1. The number of pyridine rings is 1. The number of aryl methyl sites for hydroxylation is 1. The molecule has 0 spiro atoms. The zero-order valence-electron chi connectivity index (χ0n) is 10.5. The first-order chi connectivity index (χ1) is 9.42. The lowest BCUT2D eigenvalue weighted by Crippen LogP contribution is -2.31. The second-order valence-electron chi connectivity index (χ2n) is 4.04. The molecular weight excluding hydrogens is 300 g/mol. The normalized spacial score (nSPS) is 11.1. The molecule has 20 heavy (non-hydrogen) atoms. The van der Waals surface area contributed by atoms with Gasteiger partial charge in [0.15, 0.2) is 0 Å². The van der Waals surface area contributed by atoms with Crippen molar-refractivity contribution in [3.8, 4) is 0 Å². The molecule has 0 unspecified atom stereocenters. The molecule has 2 aromatic rings. The van der Waals surface area contributed by atoms with Gasteiger partial charge in [0, 0.05) is 6.20 Å². The molecule has 1 heterocycles. The molecule has 0 saturated carbocycles. The maximum atomic E-state index is 12.2. The van der Waals surface area contributed by atoms with Crippen LogP contribution in [-0.2, 0) is 10.0 Å². The predicted octanol–water partition coefficient (Wildman–Crippen LogP) is 2.16. The predicted molar refractivity (Wildman–Crippen MR) is 75.1 cm³/mol. The van der Waals surface area contributed by atoms with Crippen LogP contribution in [0.2, 0.25) is 5.15 Å². The zero-order chi connectivity index (χ0) is 14.8. The Balaban J connectivity index is 2.33. The van der Waals surface area contributed by atoms with E-state index in [1.807, 2.05) is 4.72 Å². The molecule has 1 aromatic heterocycles. The second-order valence-corrected chi connectivity index (χ2v) is 6.05. The molecule has 0 aliphatic carbocycles. The standard InChI is InChI=1S/C13H11ClN2O3S/c1-9-5-2-3-7-11(9)20(18,19)16-13(17)10-6-4-8-15-12(10)14/h2-8H,1H3,(H,16,17). The van der Waals surface area contributed by atoms with E-state index in [4.69, 9.17) is 11.6 Å². The van der Waals surface area contributed by atoms with Crippen molar-refractivity contribution in [1.82, 2.24) is 9.71 Å². The number of sulfonamides is 1. The Morgan fingerprint density at radius 2 is 1.90 bits per heavy atom. The molecule has 104 valence electrons. The van der Waals surface area contributed by atoms with Gasteiger partial charge in [-0.05, 0) is 30.7 Å². The molecule has 5 nitrogen and oxygen atoms in total. The average Bonchev–Trinajstić information content (AvgIpc) is 2.38. The van der Waals surface area contributed by atoms with Crippen LogP contribution in [0.25, 0.3) is 0 Å². The number of amides is 1. The third-order valence-electron chi connectivity index (χ3n) is 2.61. The minimum absolute atomic E-state index is 0.00586. The van der Waals surface area contributed by atoms with Crippen LogP contribution in [0.15, 0.2) is 47.5 Å². The summed E-state index contributed by atoms with van der Waals surface area (Å²) in [4.78, 5) is 15.7. The van der Waals surface area contributed by atoms with E-state index in [9.17, 15) is 13.2 Å². The fourth-order valence-electron chi connectivity index (χ4n) is 1.65. The summed E-state index contributed by atoms with van der Waals surface area (Å²) in [6.45, 7) is 1.65. The van der Waals surface area contributed by atoms with Gasteiger partial charge in [0.05, 0.1) is 10.5 Å². The Morgan fingerprint density at radius 3 is 2.55 bits per heavy atom. The van der Waals surface area contributed by atoms with Crippen LogP contribution in [0.1, 0.15) is 15.9 Å². The number of halogens is 1. The Bertz CT molecular complexity index is 760. The molecule has 0 atom stereocenters. The molecule has 1 aromatic carbocycles. The van der Waals surface area contributed by atoms with Gasteiger partial charge in [-0.2, -0.15) is 0 Å². The van der Waals surface area contributed by atoms with Gasteiger partial charge in [-0.1, -0.05) is 29.8 Å². The van der Waals surface area contributed by atoms with Crippen LogP contribution in [0.5, 0.6) is 0 Å². The largest absolute Gasteiger partial charge is 0.268 e. The van der Waals surface area contributed by atoms with E-state index < -0.39 is 15.9 Å². The summed E-state index contributed by atoms with van der Waals surface area (Å²) in [7, 11) is -3.94. The smallest absolute Gasteiger partial charge is 0.268 e. The number of hydrogen-bond acceptors (Lipinski definition) is 4. The average molecular weight is 311 g/mol. The number of nitrogens with one attached hydrogen (secondary N) is 1. The van der Waals surface area contributed by atoms with Gasteiger partial charge in [-0.25, -0.2) is 18.1 Å². The minimum atomic E-state index is -3.94. The van der Waals surface area contributed by atoms with Crippen molar-refractivity contribution in [3.05, 3.63) is 58.9 Å². The first kappa shape index (κ1) is 14.5. The first-order valence-corrected chi connectivity index (χ1v) is 7.51. The number of rotatable bonds is 3. The molecule has 0 saturated heterocycles. The Labute approximate surface area is 121 Å². The summed E-state index contributed by atoms with van der Waals surface area (Å²) in [5.74, 6) is -0.814. The van der Waals surface area contributed by atoms with Gasteiger partial charge in [0.1, 0.15) is 5.15 Å². The third kappa shape index (κ3) is 2.97. The third-order valence-corrected chi connectivity index (χ3v) is 4.41. The summed E-state index contributed by atoms with van der Waals surface area (Å²) < 4.78 is 26.3. The van der Waals surface area contributed by atoms with Crippen molar-refractivity contribution >= 4 is 27.5 Å². The first-order valence-electron chi connectivity index (χ1n) is 5.65. The number of aromatic nitrogens is 1. The summed E-state index contributed by atoms with van der Waals surface area (Å²) >= 11 is 5.76. The van der Waals surface area contributed by atoms with Crippen LogP contribution >= 0.6 is 11.6 Å². The second kappa shape index (κ2) is 5.60. The molecule has 2 rings (SSSR count). The van der Waals surface area contributed by atoms with E-state index in [-0.39, 0.29) is 15.6 Å². The minimum Gasteiger partial charge on any atom is -0.268 e. The summed E-state index contributed by atoms with van der Waals surface area (Å²) in [6.07, 6.45) is 1.41. The number of carbonyl (C=O) groups excluding carboxylic acids is 1. The van der Waals surface area contributed by atoms with Crippen LogP contribution in [-0.4, -0.2) is 19.3 Å². The van der Waals surface area contributed by atoms with Crippen molar-refractivity contribution in [2.24, 2.45) is 0 Å². The summed E-state index contributed by atoms with van der Waals surface area (Å²) in [5, 5.41) is -0.0509. The lowest BCUT2D eigenvalue weighted by molar-refractivity contribution is 0.0981. The quantitative estimate of drug-likeness (QED) is 0.881. The van der Waals surface area contributed by atoms with Crippen molar-refractivity contribution in [2.75, 3.05) is 0 Å². The van der Waals surface area contributed by atoms with Crippen molar-refractivity contribution < 1.29 is 13.2 Å². The van der Waals surface area contributed by atoms with Gasteiger partial charge in [0.2, 0.25) is 0 Å². The van der Waals surface area contributed by atoms with Gasteiger partial charge in [-0.15, -0.1) is 0 Å². The zero-order valence-corrected chi connectivity index (χ0v) is 12.1. The van der Waals surface area contributed by atoms with E-state index in [1.165, 1.54) is 24.4 Å². The van der Waals surface area contributed by atoms with Crippen molar-refractivity contribution in [1.29, 1.82) is 0 Å². The molecule has 0 radical (unpaired) electrons. The van der Waals surface area contributed by atoms with E-state index >= 15 is 0 Å². The van der Waals surface area contributed by atoms with Gasteiger partial charge in [0.25, 0.3) is 15.9 Å². The highest BCUT2D eigenvalue weighted by atomic mass is 35.5. The van der Waals surface area contributed by atoms with E-state index in [0.29, 0.717) is 5.56 Å². The van der Waals surface area contributed by atoms with Gasteiger partial charge < -0.3 is 0 Å². The SMILES string of the molecule is Cc1ccccc1S(=O)(=O)NC(=O)c1cccnc1Cl. The van der Waals surface area contributed by atoms with Crippen LogP contribution < -0.4 is 4.72 Å². The van der Waals surface area contributed by atoms with Gasteiger partial charge in [-0.3, -0.25) is 4.79 Å². The van der Waals surface area contributed by atoms with Crippen molar-refractivity contribution in [2.45, 2.75) is 11.8 Å². The van der Waals surface area contributed by atoms with E-state index in [2.05, 4.69) is 4.98 Å². The fourth-order valence-corrected chi connectivity index (χ4v) is 3.06. The molecule has 0 fully saturated rings. The highest BCUT2D eigenvalue weighted by molar-refractivity contribution is 7.90. The fraction of sp³-hybridized carbons (Fsp3) is 0.0769. The van der Waals surface area contributed by atoms with E-state index in [1.54, 1.807) is 25.1 Å². The molecule has 0 bridgehead atoms.